The van der Waals surface area contributed by atoms with E-state index < -0.39 is 0 Å². The van der Waals surface area contributed by atoms with E-state index in [0.29, 0.717) is 11.8 Å². The maximum Gasteiger partial charge on any atom is 0.134 e. The van der Waals surface area contributed by atoms with Crippen molar-refractivity contribution in [3.63, 3.8) is 0 Å². The van der Waals surface area contributed by atoms with E-state index in [1.165, 1.54) is 0 Å². The Bertz CT molecular complexity index is 310. The first-order valence-electron chi connectivity index (χ1n) is 5.50. The van der Waals surface area contributed by atoms with Crippen LogP contribution in [0, 0.1) is 5.92 Å². The van der Waals surface area contributed by atoms with Gasteiger partial charge in [0.15, 0.2) is 0 Å². The van der Waals surface area contributed by atoms with E-state index >= 15 is 0 Å². The van der Waals surface area contributed by atoms with Gasteiger partial charge in [-0.05, 0) is 17.9 Å². The third-order valence-corrected chi connectivity index (χ3v) is 2.62. The molecule has 1 aromatic heterocycles. The van der Waals surface area contributed by atoms with Gasteiger partial charge in [-0.25, -0.2) is 9.97 Å². The summed E-state index contributed by atoms with van der Waals surface area (Å²) in [6.45, 7) is 8.47. The molecule has 0 radical (unpaired) electrons. The van der Waals surface area contributed by atoms with Gasteiger partial charge in [-0.1, -0.05) is 27.7 Å². The third kappa shape index (κ3) is 2.99. The molecule has 0 bridgehead atoms. The smallest absolute Gasteiger partial charge is 0.134 e. The predicted octanol–water partition coefficient (Wildman–Crippen LogP) is 2.33. The zero-order valence-electron chi connectivity index (χ0n) is 9.94. The van der Waals surface area contributed by atoms with E-state index in [1.54, 1.807) is 6.20 Å². The summed E-state index contributed by atoms with van der Waals surface area (Å²) in [4.78, 5) is 8.74. The van der Waals surface area contributed by atoms with E-state index in [9.17, 15) is 5.11 Å². The monoisotopic (exact) mass is 208 g/mol. The summed E-state index contributed by atoms with van der Waals surface area (Å²) in [6.07, 6.45) is 1.78. The molecule has 0 aliphatic carbocycles. The van der Waals surface area contributed by atoms with Crippen LogP contribution in [0.5, 0.6) is 0 Å². The molecule has 1 atom stereocenters. The van der Waals surface area contributed by atoms with Gasteiger partial charge >= 0.3 is 0 Å². The minimum atomic E-state index is 0.0451. The van der Waals surface area contributed by atoms with Crippen LogP contribution in [0.15, 0.2) is 12.3 Å². The van der Waals surface area contributed by atoms with Gasteiger partial charge in [-0.2, -0.15) is 0 Å². The van der Waals surface area contributed by atoms with Crippen LogP contribution >= 0.6 is 0 Å². The first kappa shape index (κ1) is 12.1. The van der Waals surface area contributed by atoms with E-state index in [1.807, 2.05) is 6.07 Å². The Kier molecular flexibility index (Phi) is 4.21. The molecule has 0 aliphatic heterocycles. The maximum atomic E-state index is 9.30. The topological polar surface area (TPSA) is 46.0 Å². The number of rotatable bonds is 4. The molecule has 1 rings (SSSR count). The average Bonchev–Trinajstić information content (AvgIpc) is 2.18. The second kappa shape index (κ2) is 5.21. The molecule has 1 unspecified atom stereocenters. The molecule has 0 amide bonds. The Balaban J connectivity index is 2.98. The SMILES string of the molecule is CC(C)c1ccnc(C(CO)C(C)C)n1. The zero-order valence-corrected chi connectivity index (χ0v) is 9.94. The van der Waals surface area contributed by atoms with Crippen molar-refractivity contribution in [2.75, 3.05) is 6.61 Å². The number of nitrogens with zero attached hydrogens (tertiary/aromatic N) is 2. The molecule has 1 N–H and O–H groups in total. The highest BCUT2D eigenvalue weighted by atomic mass is 16.3. The minimum Gasteiger partial charge on any atom is -0.396 e. The molecule has 0 fully saturated rings. The molecule has 84 valence electrons. The zero-order chi connectivity index (χ0) is 11.4. The third-order valence-electron chi connectivity index (χ3n) is 2.62. The highest BCUT2D eigenvalue weighted by Gasteiger charge is 2.18. The van der Waals surface area contributed by atoms with Crippen LogP contribution in [0.2, 0.25) is 0 Å². The van der Waals surface area contributed by atoms with Gasteiger partial charge in [-0.15, -0.1) is 0 Å². The molecule has 3 nitrogen and oxygen atoms in total. The average molecular weight is 208 g/mol. The molecule has 0 spiro atoms. The fourth-order valence-electron chi connectivity index (χ4n) is 1.48. The van der Waals surface area contributed by atoms with E-state index in [-0.39, 0.29) is 12.5 Å². The summed E-state index contributed by atoms with van der Waals surface area (Å²) in [6, 6.07) is 1.93. The van der Waals surface area contributed by atoms with Gasteiger partial charge in [-0.3, -0.25) is 0 Å². The molecule has 0 aliphatic rings. The fraction of sp³-hybridized carbons (Fsp3) is 0.667. The van der Waals surface area contributed by atoms with E-state index in [4.69, 9.17) is 0 Å². The molecular formula is C12H20N2O. The number of aliphatic hydroxyl groups is 1. The second-order valence-electron chi connectivity index (χ2n) is 4.53. The lowest BCUT2D eigenvalue weighted by Crippen LogP contribution is -2.15. The Morgan fingerprint density at radius 1 is 1.27 bits per heavy atom. The van der Waals surface area contributed by atoms with Crippen molar-refractivity contribution in [3.8, 4) is 0 Å². The minimum absolute atomic E-state index is 0.0451. The van der Waals surface area contributed by atoms with Crippen molar-refractivity contribution >= 4 is 0 Å². The standard InChI is InChI=1S/C12H20N2O/c1-8(2)10(7-15)12-13-6-5-11(14-12)9(3)4/h5-6,8-10,15H,7H2,1-4H3. The largest absolute Gasteiger partial charge is 0.396 e. The molecule has 0 saturated heterocycles. The van der Waals surface area contributed by atoms with Gasteiger partial charge in [0.2, 0.25) is 0 Å². The summed E-state index contributed by atoms with van der Waals surface area (Å²) < 4.78 is 0. The van der Waals surface area contributed by atoms with Crippen molar-refractivity contribution in [1.29, 1.82) is 0 Å². The highest BCUT2D eigenvalue weighted by Crippen LogP contribution is 2.21. The summed E-state index contributed by atoms with van der Waals surface area (Å²) in [5.74, 6) is 1.57. The van der Waals surface area contributed by atoms with Crippen molar-refractivity contribution in [2.45, 2.75) is 39.5 Å². The van der Waals surface area contributed by atoms with E-state index in [0.717, 1.165) is 11.5 Å². The number of aromatic nitrogens is 2. The van der Waals surface area contributed by atoms with Gasteiger partial charge in [0.25, 0.3) is 0 Å². The maximum absolute atomic E-state index is 9.30. The highest BCUT2D eigenvalue weighted by molar-refractivity contribution is 5.09. The molecule has 1 aromatic rings. The number of hydrogen-bond donors (Lipinski definition) is 1. The van der Waals surface area contributed by atoms with Crippen LogP contribution in [0.1, 0.15) is 51.0 Å². The molecular weight excluding hydrogens is 188 g/mol. The Morgan fingerprint density at radius 2 is 1.93 bits per heavy atom. The summed E-state index contributed by atoms with van der Waals surface area (Å²) >= 11 is 0. The van der Waals surface area contributed by atoms with Crippen molar-refractivity contribution in [2.24, 2.45) is 5.92 Å². The molecule has 3 heteroatoms. The fourth-order valence-corrected chi connectivity index (χ4v) is 1.48. The number of hydrogen-bond acceptors (Lipinski definition) is 3. The number of aliphatic hydroxyl groups excluding tert-OH is 1. The van der Waals surface area contributed by atoms with Crippen LogP contribution in [0.25, 0.3) is 0 Å². The lowest BCUT2D eigenvalue weighted by atomic mass is 9.95. The lowest BCUT2D eigenvalue weighted by Gasteiger charge is -2.17. The van der Waals surface area contributed by atoms with Gasteiger partial charge in [0.1, 0.15) is 5.82 Å². The summed E-state index contributed by atoms with van der Waals surface area (Å²) in [5, 5.41) is 9.30. The molecule has 0 saturated carbocycles. The molecule has 0 aromatic carbocycles. The van der Waals surface area contributed by atoms with Crippen molar-refractivity contribution < 1.29 is 5.11 Å². The molecule has 1 heterocycles. The Labute approximate surface area is 91.6 Å². The van der Waals surface area contributed by atoms with Crippen LogP contribution in [-0.4, -0.2) is 21.7 Å². The molecule has 15 heavy (non-hydrogen) atoms. The Morgan fingerprint density at radius 3 is 2.40 bits per heavy atom. The first-order chi connectivity index (χ1) is 7.06. The predicted molar refractivity (Wildman–Crippen MR) is 60.8 cm³/mol. The van der Waals surface area contributed by atoms with Crippen LogP contribution in [0.3, 0.4) is 0 Å². The summed E-state index contributed by atoms with van der Waals surface area (Å²) in [5.41, 5.74) is 1.04. The van der Waals surface area contributed by atoms with Crippen molar-refractivity contribution in [3.05, 3.63) is 23.8 Å². The van der Waals surface area contributed by atoms with Crippen LogP contribution < -0.4 is 0 Å². The van der Waals surface area contributed by atoms with Crippen molar-refractivity contribution in [1.82, 2.24) is 9.97 Å². The quantitative estimate of drug-likeness (QED) is 0.826. The second-order valence-corrected chi connectivity index (χ2v) is 4.53. The summed E-state index contributed by atoms with van der Waals surface area (Å²) in [7, 11) is 0. The Hall–Kier alpha value is -0.960. The van der Waals surface area contributed by atoms with Gasteiger partial charge in [0, 0.05) is 17.8 Å². The normalized spacial score (nSPS) is 13.5. The van der Waals surface area contributed by atoms with Gasteiger partial charge in [0.05, 0.1) is 6.61 Å². The lowest BCUT2D eigenvalue weighted by molar-refractivity contribution is 0.231. The first-order valence-corrected chi connectivity index (χ1v) is 5.50. The van der Waals surface area contributed by atoms with Crippen LogP contribution in [0.4, 0.5) is 0 Å². The van der Waals surface area contributed by atoms with Crippen LogP contribution in [-0.2, 0) is 0 Å². The van der Waals surface area contributed by atoms with Gasteiger partial charge < -0.3 is 5.11 Å². The van der Waals surface area contributed by atoms with E-state index in [2.05, 4.69) is 37.7 Å².